The topological polar surface area (TPSA) is 59.5 Å². The van der Waals surface area contributed by atoms with E-state index in [1.165, 1.54) is 6.20 Å². The Kier molecular flexibility index (Phi) is 5.13. The summed E-state index contributed by atoms with van der Waals surface area (Å²) >= 11 is 0. The lowest BCUT2D eigenvalue weighted by Crippen LogP contribution is -2.21. The molecule has 0 aliphatic carbocycles. The summed E-state index contributed by atoms with van der Waals surface area (Å²) in [6.45, 7) is 0.460. The molecule has 0 aromatic carbocycles. The Morgan fingerprint density at radius 3 is 2.76 bits per heavy atom. The molecule has 0 radical (unpaired) electrons. The number of aromatic nitrogens is 1. The lowest BCUT2D eigenvalue weighted by atomic mass is 10.3. The van der Waals surface area contributed by atoms with Crippen LogP contribution in [0.4, 0.5) is 0 Å². The highest BCUT2D eigenvalue weighted by Gasteiger charge is 2.03. The Hall–Kier alpha value is -1.91. The molecule has 1 heterocycles. The molecule has 17 heavy (non-hydrogen) atoms. The van der Waals surface area contributed by atoms with Crippen LogP contribution in [0.2, 0.25) is 0 Å². The van der Waals surface area contributed by atoms with Crippen molar-refractivity contribution in [3.8, 4) is 5.75 Å². The van der Waals surface area contributed by atoms with Crippen LogP contribution in [0.3, 0.4) is 0 Å². The number of rotatable bonds is 6. The van der Waals surface area contributed by atoms with E-state index in [9.17, 15) is 9.59 Å². The van der Waals surface area contributed by atoms with Gasteiger partial charge >= 0.3 is 0 Å². The smallest absolute Gasteiger partial charge is 0.222 e. The molecule has 0 N–H and O–H groups in total. The quantitative estimate of drug-likeness (QED) is 0.549. The average molecular weight is 236 g/mol. The predicted molar refractivity (Wildman–Crippen MR) is 63.0 cm³/mol. The third kappa shape index (κ3) is 4.63. The molecule has 0 aliphatic rings. The van der Waals surface area contributed by atoms with Gasteiger partial charge in [-0.15, -0.1) is 0 Å². The van der Waals surface area contributed by atoms with Crippen molar-refractivity contribution in [2.24, 2.45) is 0 Å². The van der Waals surface area contributed by atoms with E-state index in [0.29, 0.717) is 37.2 Å². The molecule has 5 nitrogen and oxygen atoms in total. The second-order valence-corrected chi connectivity index (χ2v) is 3.78. The molecule has 1 aromatic rings. The number of amides is 1. The Morgan fingerprint density at radius 1 is 1.47 bits per heavy atom. The highest BCUT2D eigenvalue weighted by Crippen LogP contribution is 2.09. The SMILES string of the molecule is CN(C)C(=O)CCCOc1ccc(C=O)nc1. The number of aldehydes is 1. The van der Waals surface area contributed by atoms with Gasteiger partial charge in [-0.2, -0.15) is 0 Å². The van der Waals surface area contributed by atoms with Crippen molar-refractivity contribution in [2.75, 3.05) is 20.7 Å². The fourth-order valence-corrected chi connectivity index (χ4v) is 1.18. The van der Waals surface area contributed by atoms with Gasteiger partial charge in [-0.1, -0.05) is 0 Å². The van der Waals surface area contributed by atoms with E-state index in [1.54, 1.807) is 31.1 Å². The van der Waals surface area contributed by atoms with Crippen LogP contribution >= 0.6 is 0 Å². The molecular formula is C12H16N2O3. The zero-order valence-corrected chi connectivity index (χ0v) is 10.0. The van der Waals surface area contributed by atoms with E-state index in [4.69, 9.17) is 4.74 Å². The maximum atomic E-state index is 11.3. The number of hydrogen-bond donors (Lipinski definition) is 0. The number of carbonyl (C=O) groups excluding carboxylic acids is 2. The largest absolute Gasteiger partial charge is 0.492 e. The molecule has 0 fully saturated rings. The van der Waals surface area contributed by atoms with Gasteiger partial charge in [0.2, 0.25) is 5.91 Å². The van der Waals surface area contributed by atoms with Crippen LogP contribution in [-0.4, -0.2) is 42.8 Å². The van der Waals surface area contributed by atoms with E-state index in [1.807, 2.05) is 0 Å². The number of carbonyl (C=O) groups is 2. The van der Waals surface area contributed by atoms with Gasteiger partial charge in [0.05, 0.1) is 12.8 Å². The van der Waals surface area contributed by atoms with Gasteiger partial charge in [0, 0.05) is 20.5 Å². The lowest BCUT2D eigenvalue weighted by molar-refractivity contribution is -0.128. The van der Waals surface area contributed by atoms with Crippen LogP contribution in [-0.2, 0) is 4.79 Å². The molecule has 0 bridgehead atoms. The van der Waals surface area contributed by atoms with Crippen LogP contribution in [0.25, 0.3) is 0 Å². The molecule has 0 unspecified atom stereocenters. The van der Waals surface area contributed by atoms with Crippen LogP contribution in [0, 0.1) is 0 Å². The van der Waals surface area contributed by atoms with Crippen molar-refractivity contribution in [2.45, 2.75) is 12.8 Å². The van der Waals surface area contributed by atoms with Crippen molar-refractivity contribution in [3.05, 3.63) is 24.0 Å². The van der Waals surface area contributed by atoms with Gasteiger partial charge in [0.1, 0.15) is 11.4 Å². The third-order valence-corrected chi connectivity index (χ3v) is 2.18. The van der Waals surface area contributed by atoms with E-state index in [0.717, 1.165) is 0 Å². The fourth-order valence-electron chi connectivity index (χ4n) is 1.18. The standard InChI is InChI=1S/C12H16N2O3/c1-14(2)12(16)4-3-7-17-11-6-5-10(9-15)13-8-11/h5-6,8-9H,3-4,7H2,1-2H3. The zero-order chi connectivity index (χ0) is 12.7. The molecule has 1 rings (SSSR count). The molecule has 1 aromatic heterocycles. The summed E-state index contributed by atoms with van der Waals surface area (Å²) in [6.07, 6.45) is 3.30. The van der Waals surface area contributed by atoms with Crippen LogP contribution in [0.1, 0.15) is 23.3 Å². The fraction of sp³-hybridized carbons (Fsp3) is 0.417. The lowest BCUT2D eigenvalue weighted by Gasteiger charge is -2.10. The van der Waals surface area contributed by atoms with Crippen molar-refractivity contribution in [1.29, 1.82) is 0 Å². The highest BCUT2D eigenvalue weighted by atomic mass is 16.5. The third-order valence-electron chi connectivity index (χ3n) is 2.18. The van der Waals surface area contributed by atoms with Crippen molar-refractivity contribution in [1.82, 2.24) is 9.88 Å². The first kappa shape index (κ1) is 13.2. The van der Waals surface area contributed by atoms with Crippen molar-refractivity contribution >= 4 is 12.2 Å². The van der Waals surface area contributed by atoms with Crippen LogP contribution in [0.15, 0.2) is 18.3 Å². The van der Waals surface area contributed by atoms with Gasteiger partial charge in [0.25, 0.3) is 0 Å². The van der Waals surface area contributed by atoms with Crippen molar-refractivity contribution in [3.63, 3.8) is 0 Å². The normalized spacial score (nSPS) is 9.76. The number of hydrogen-bond acceptors (Lipinski definition) is 4. The molecule has 0 saturated heterocycles. The molecular weight excluding hydrogens is 220 g/mol. The van der Waals surface area contributed by atoms with Gasteiger partial charge < -0.3 is 9.64 Å². The minimum Gasteiger partial charge on any atom is -0.492 e. The van der Waals surface area contributed by atoms with Crippen molar-refractivity contribution < 1.29 is 14.3 Å². The summed E-state index contributed by atoms with van der Waals surface area (Å²) in [5, 5.41) is 0. The summed E-state index contributed by atoms with van der Waals surface area (Å²) in [6, 6.07) is 3.28. The van der Waals surface area contributed by atoms with E-state index in [-0.39, 0.29) is 5.91 Å². The van der Waals surface area contributed by atoms with E-state index >= 15 is 0 Å². The molecule has 0 aliphatic heterocycles. The highest BCUT2D eigenvalue weighted by molar-refractivity contribution is 5.75. The monoisotopic (exact) mass is 236 g/mol. The van der Waals surface area contributed by atoms with Crippen LogP contribution in [0.5, 0.6) is 5.75 Å². The summed E-state index contributed by atoms with van der Waals surface area (Å²) in [7, 11) is 3.45. The van der Waals surface area contributed by atoms with E-state index < -0.39 is 0 Å². The molecule has 1 amide bonds. The van der Waals surface area contributed by atoms with Crippen LogP contribution < -0.4 is 4.74 Å². The van der Waals surface area contributed by atoms with E-state index in [2.05, 4.69) is 4.98 Å². The predicted octanol–water partition coefficient (Wildman–Crippen LogP) is 1.14. The molecule has 92 valence electrons. The summed E-state index contributed by atoms with van der Waals surface area (Å²) in [4.78, 5) is 27.1. The summed E-state index contributed by atoms with van der Waals surface area (Å²) in [5.74, 6) is 0.691. The minimum atomic E-state index is 0.0861. The number of pyridine rings is 1. The summed E-state index contributed by atoms with van der Waals surface area (Å²) < 4.78 is 5.39. The first-order valence-corrected chi connectivity index (χ1v) is 5.37. The van der Waals surface area contributed by atoms with Gasteiger partial charge in [0.15, 0.2) is 6.29 Å². The second kappa shape index (κ2) is 6.62. The average Bonchev–Trinajstić information content (AvgIpc) is 2.35. The molecule has 0 spiro atoms. The Morgan fingerprint density at radius 2 is 2.24 bits per heavy atom. The second-order valence-electron chi connectivity index (χ2n) is 3.78. The maximum Gasteiger partial charge on any atom is 0.222 e. The zero-order valence-electron chi connectivity index (χ0n) is 10.0. The Balaban J connectivity index is 2.26. The summed E-state index contributed by atoms with van der Waals surface area (Å²) in [5.41, 5.74) is 0.375. The first-order chi connectivity index (χ1) is 8.13. The molecule has 0 atom stereocenters. The number of nitrogens with zero attached hydrogens (tertiary/aromatic N) is 2. The first-order valence-electron chi connectivity index (χ1n) is 5.37. The molecule has 0 saturated carbocycles. The Labute approximate surface area is 100 Å². The maximum absolute atomic E-state index is 11.3. The van der Waals surface area contributed by atoms with Gasteiger partial charge in [-0.05, 0) is 18.6 Å². The van der Waals surface area contributed by atoms with Gasteiger partial charge in [-0.3, -0.25) is 9.59 Å². The number of ether oxygens (including phenoxy) is 1. The molecule has 5 heteroatoms. The van der Waals surface area contributed by atoms with Gasteiger partial charge in [-0.25, -0.2) is 4.98 Å². The Bertz CT molecular complexity index is 374. The minimum absolute atomic E-state index is 0.0861.